The quantitative estimate of drug-likeness (QED) is 0.642. The van der Waals surface area contributed by atoms with Crippen LogP contribution < -0.4 is 5.32 Å². The summed E-state index contributed by atoms with van der Waals surface area (Å²) >= 11 is 0. The maximum Gasteiger partial charge on any atom is 0.286 e. The lowest BCUT2D eigenvalue weighted by Crippen LogP contribution is -2.23. The number of hydrogen-bond acceptors (Lipinski definition) is 4. The molecule has 0 aliphatic heterocycles. The fourth-order valence-electron chi connectivity index (χ4n) is 2.25. The Hall–Kier alpha value is -2.40. The molecule has 1 aromatic carbocycles. The maximum absolute atomic E-state index is 11.7. The van der Waals surface area contributed by atoms with E-state index in [1.807, 2.05) is 30.3 Å². The third-order valence-electron chi connectivity index (χ3n) is 3.54. The number of ketones is 1. The third-order valence-corrected chi connectivity index (χ3v) is 3.54. The van der Waals surface area contributed by atoms with E-state index in [9.17, 15) is 9.59 Å². The summed E-state index contributed by atoms with van der Waals surface area (Å²) in [6.45, 7) is 1.20. The molecular formula is C19H23NO4. The minimum absolute atomic E-state index is 0.116. The van der Waals surface area contributed by atoms with Gasteiger partial charge in [-0.2, -0.15) is 0 Å². The molecular weight excluding hydrogens is 306 g/mol. The number of amides is 1. The summed E-state index contributed by atoms with van der Waals surface area (Å²) in [6.07, 6.45) is 4.53. The number of carbonyl (C=O) groups excluding carboxylic acids is 2. The van der Waals surface area contributed by atoms with Crippen molar-refractivity contribution in [3.63, 3.8) is 0 Å². The van der Waals surface area contributed by atoms with Crippen molar-refractivity contribution in [2.24, 2.45) is 0 Å². The normalized spacial score (nSPS) is 10.5. The van der Waals surface area contributed by atoms with Crippen LogP contribution in [0.3, 0.4) is 0 Å². The summed E-state index contributed by atoms with van der Waals surface area (Å²) in [7, 11) is 0. The molecule has 0 saturated heterocycles. The standard InChI is InChI=1S/C19H23NO4/c21-17(15-23-14-16-8-3-1-4-9-16)10-5-2-6-12-20-19(22)18-11-7-13-24-18/h1,3-4,7-9,11,13H,2,5-6,10,12,14-15H2,(H,20,22). The molecule has 24 heavy (non-hydrogen) atoms. The molecule has 1 heterocycles. The van der Waals surface area contributed by atoms with Crippen LogP contribution in [0, 0.1) is 0 Å². The highest BCUT2D eigenvalue weighted by Crippen LogP contribution is 2.04. The van der Waals surface area contributed by atoms with Crippen LogP contribution in [-0.4, -0.2) is 24.8 Å². The summed E-state index contributed by atoms with van der Waals surface area (Å²) in [4.78, 5) is 23.3. The van der Waals surface area contributed by atoms with Gasteiger partial charge < -0.3 is 14.5 Å². The van der Waals surface area contributed by atoms with Gasteiger partial charge >= 0.3 is 0 Å². The Bertz CT molecular complexity index is 608. The first-order chi connectivity index (χ1) is 11.8. The fraction of sp³-hybridized carbons (Fsp3) is 0.368. The van der Waals surface area contributed by atoms with Crippen molar-refractivity contribution in [1.82, 2.24) is 5.32 Å². The highest BCUT2D eigenvalue weighted by Gasteiger charge is 2.07. The third kappa shape index (κ3) is 6.79. The molecule has 2 rings (SSSR count). The fourth-order valence-corrected chi connectivity index (χ4v) is 2.25. The van der Waals surface area contributed by atoms with Crippen LogP contribution in [0.25, 0.3) is 0 Å². The number of rotatable bonds is 11. The summed E-state index contributed by atoms with van der Waals surface area (Å²) in [5.41, 5.74) is 1.07. The van der Waals surface area contributed by atoms with Crippen LogP contribution in [0.1, 0.15) is 41.8 Å². The van der Waals surface area contributed by atoms with E-state index in [0.29, 0.717) is 25.3 Å². The topological polar surface area (TPSA) is 68.5 Å². The van der Waals surface area contributed by atoms with Crippen LogP contribution >= 0.6 is 0 Å². The van der Waals surface area contributed by atoms with Gasteiger partial charge in [0.05, 0.1) is 12.9 Å². The molecule has 0 aliphatic carbocycles. The number of nitrogens with one attached hydrogen (secondary N) is 1. The SMILES string of the molecule is O=C(CCCCCNC(=O)c1ccco1)COCc1ccccc1. The molecule has 0 atom stereocenters. The van der Waals surface area contributed by atoms with Gasteiger partial charge in [0.2, 0.25) is 0 Å². The largest absolute Gasteiger partial charge is 0.459 e. The Balaban J connectivity index is 1.45. The molecule has 0 unspecified atom stereocenters. The van der Waals surface area contributed by atoms with E-state index in [0.717, 1.165) is 24.8 Å². The Morgan fingerprint density at radius 1 is 1.00 bits per heavy atom. The van der Waals surface area contributed by atoms with Crippen LogP contribution in [0.5, 0.6) is 0 Å². The van der Waals surface area contributed by atoms with Gasteiger partial charge in [0, 0.05) is 13.0 Å². The molecule has 0 saturated carbocycles. The van der Waals surface area contributed by atoms with Gasteiger partial charge in [-0.25, -0.2) is 0 Å². The van der Waals surface area contributed by atoms with Gasteiger partial charge in [-0.05, 0) is 30.5 Å². The first-order valence-electron chi connectivity index (χ1n) is 8.21. The molecule has 0 radical (unpaired) electrons. The number of benzene rings is 1. The van der Waals surface area contributed by atoms with Crippen LogP contribution in [0.15, 0.2) is 53.1 Å². The monoisotopic (exact) mass is 329 g/mol. The highest BCUT2D eigenvalue weighted by molar-refractivity contribution is 5.91. The van der Waals surface area contributed by atoms with Crippen molar-refractivity contribution in [1.29, 1.82) is 0 Å². The zero-order valence-electron chi connectivity index (χ0n) is 13.7. The predicted octanol–water partition coefficient (Wildman–Crippen LogP) is 3.36. The van der Waals surface area contributed by atoms with E-state index < -0.39 is 0 Å². The molecule has 0 aliphatic rings. The van der Waals surface area contributed by atoms with Crippen molar-refractivity contribution in [2.45, 2.75) is 32.3 Å². The number of ether oxygens (including phenoxy) is 1. The zero-order valence-corrected chi connectivity index (χ0v) is 13.7. The Kier molecular flexibility index (Phi) is 7.77. The average molecular weight is 329 g/mol. The van der Waals surface area contributed by atoms with E-state index in [1.165, 1.54) is 6.26 Å². The Morgan fingerprint density at radius 3 is 2.58 bits per heavy atom. The van der Waals surface area contributed by atoms with E-state index in [1.54, 1.807) is 12.1 Å². The number of furan rings is 1. The molecule has 128 valence electrons. The molecule has 5 heteroatoms. The highest BCUT2D eigenvalue weighted by atomic mass is 16.5. The molecule has 1 N–H and O–H groups in total. The van der Waals surface area contributed by atoms with E-state index in [4.69, 9.17) is 9.15 Å². The first-order valence-corrected chi connectivity index (χ1v) is 8.21. The summed E-state index contributed by atoms with van der Waals surface area (Å²) in [6, 6.07) is 13.1. The second kappa shape index (κ2) is 10.4. The lowest BCUT2D eigenvalue weighted by atomic mass is 10.1. The minimum Gasteiger partial charge on any atom is -0.459 e. The zero-order chi connectivity index (χ0) is 17.0. The molecule has 1 amide bonds. The van der Waals surface area contributed by atoms with Crippen molar-refractivity contribution in [2.75, 3.05) is 13.2 Å². The van der Waals surface area contributed by atoms with Crippen LogP contribution in [-0.2, 0) is 16.1 Å². The van der Waals surface area contributed by atoms with E-state index in [2.05, 4.69) is 5.32 Å². The van der Waals surface area contributed by atoms with Gasteiger partial charge in [-0.1, -0.05) is 36.8 Å². The second-order valence-corrected chi connectivity index (χ2v) is 5.56. The van der Waals surface area contributed by atoms with Crippen molar-refractivity contribution in [3.8, 4) is 0 Å². The van der Waals surface area contributed by atoms with Crippen molar-refractivity contribution >= 4 is 11.7 Å². The number of unbranched alkanes of at least 4 members (excludes halogenated alkanes) is 2. The summed E-state index contributed by atoms with van der Waals surface area (Å²) in [5.74, 6) is 0.233. The number of carbonyl (C=O) groups is 2. The maximum atomic E-state index is 11.7. The summed E-state index contributed by atoms with van der Waals surface area (Å²) in [5, 5.41) is 2.78. The molecule has 5 nitrogen and oxygen atoms in total. The minimum atomic E-state index is -0.203. The molecule has 0 bridgehead atoms. The molecule has 0 spiro atoms. The Labute approximate surface area is 142 Å². The van der Waals surface area contributed by atoms with E-state index >= 15 is 0 Å². The van der Waals surface area contributed by atoms with Gasteiger partial charge in [0.25, 0.3) is 5.91 Å². The van der Waals surface area contributed by atoms with E-state index in [-0.39, 0.29) is 18.3 Å². The average Bonchev–Trinajstić information content (AvgIpc) is 3.13. The summed E-state index contributed by atoms with van der Waals surface area (Å²) < 4.78 is 10.4. The number of hydrogen-bond donors (Lipinski definition) is 1. The van der Waals surface area contributed by atoms with Crippen LogP contribution in [0.4, 0.5) is 0 Å². The second-order valence-electron chi connectivity index (χ2n) is 5.56. The molecule has 2 aromatic rings. The van der Waals surface area contributed by atoms with Gasteiger partial charge in [-0.3, -0.25) is 9.59 Å². The van der Waals surface area contributed by atoms with Gasteiger partial charge in [0.1, 0.15) is 6.61 Å². The smallest absolute Gasteiger partial charge is 0.286 e. The van der Waals surface area contributed by atoms with Crippen LogP contribution in [0.2, 0.25) is 0 Å². The lowest BCUT2D eigenvalue weighted by molar-refractivity contribution is -0.124. The van der Waals surface area contributed by atoms with Gasteiger partial charge in [0.15, 0.2) is 11.5 Å². The van der Waals surface area contributed by atoms with Crippen molar-refractivity contribution < 1.29 is 18.7 Å². The molecule has 1 aromatic heterocycles. The van der Waals surface area contributed by atoms with Crippen molar-refractivity contribution in [3.05, 3.63) is 60.1 Å². The first kappa shape index (κ1) is 17.9. The van der Waals surface area contributed by atoms with Gasteiger partial charge in [-0.15, -0.1) is 0 Å². The Morgan fingerprint density at radius 2 is 1.83 bits per heavy atom. The number of Topliss-reactive ketones (excluding diaryl/α,β-unsaturated/α-hetero) is 1. The predicted molar refractivity (Wildman–Crippen MR) is 90.6 cm³/mol. The lowest BCUT2D eigenvalue weighted by Gasteiger charge is -2.05. The molecule has 0 fully saturated rings.